The molecule has 0 amide bonds. The van der Waals surface area contributed by atoms with E-state index in [2.05, 4.69) is 17.2 Å². The molecular weight excluding hydrogens is 298 g/mol. The van der Waals surface area contributed by atoms with Crippen LogP contribution >= 0.6 is 0 Å². The summed E-state index contributed by atoms with van der Waals surface area (Å²) in [6.07, 6.45) is 4.02. The van der Waals surface area contributed by atoms with Gasteiger partial charge in [-0.2, -0.15) is 0 Å². The van der Waals surface area contributed by atoms with Crippen molar-refractivity contribution in [2.24, 2.45) is 0 Å². The molecule has 3 aliphatic heterocycles. The van der Waals surface area contributed by atoms with Crippen LogP contribution in [0.1, 0.15) is 57.8 Å². The number of ether oxygens (including phenoxy) is 3. The highest BCUT2D eigenvalue weighted by Crippen LogP contribution is 2.51. The molecule has 1 N–H and O–H groups in total. The van der Waals surface area contributed by atoms with E-state index in [9.17, 15) is 5.11 Å². The average molecular weight is 323 g/mol. The molecule has 2 saturated heterocycles. The predicted octanol–water partition coefficient (Wildman–Crippen LogP) is 1.48. The molecular formula is C16H25N3O4. The maximum absolute atomic E-state index is 11.4. The Morgan fingerprint density at radius 2 is 2.09 bits per heavy atom. The van der Waals surface area contributed by atoms with E-state index in [1.807, 2.05) is 13.8 Å². The van der Waals surface area contributed by atoms with E-state index < -0.39 is 23.8 Å². The van der Waals surface area contributed by atoms with Crippen LogP contribution in [0.5, 0.6) is 0 Å². The zero-order chi connectivity index (χ0) is 16.2. The molecule has 0 aliphatic carbocycles. The lowest BCUT2D eigenvalue weighted by Gasteiger charge is -2.28. The Labute approximate surface area is 135 Å². The van der Waals surface area contributed by atoms with Gasteiger partial charge >= 0.3 is 0 Å². The molecule has 7 nitrogen and oxygen atoms in total. The first-order valence-corrected chi connectivity index (χ1v) is 8.62. The normalized spacial score (nSPS) is 37.0. The molecule has 1 unspecified atom stereocenters. The molecule has 128 valence electrons. The minimum Gasteiger partial charge on any atom is -0.378 e. The molecule has 7 heteroatoms. The first kappa shape index (κ1) is 15.5. The minimum absolute atomic E-state index is 0.381. The summed E-state index contributed by atoms with van der Waals surface area (Å²) in [4.78, 5) is 0. The van der Waals surface area contributed by atoms with Gasteiger partial charge in [0.2, 0.25) is 0 Å². The molecule has 23 heavy (non-hydrogen) atoms. The molecule has 0 spiro atoms. The highest BCUT2D eigenvalue weighted by Gasteiger charge is 2.68. The van der Waals surface area contributed by atoms with Gasteiger partial charge < -0.3 is 19.3 Å². The van der Waals surface area contributed by atoms with E-state index in [0.717, 1.165) is 24.2 Å². The van der Waals surface area contributed by atoms with E-state index in [4.69, 9.17) is 14.2 Å². The highest BCUT2D eigenvalue weighted by atomic mass is 16.8. The van der Waals surface area contributed by atoms with Crippen LogP contribution in [0.3, 0.4) is 0 Å². The lowest BCUT2D eigenvalue weighted by Crippen LogP contribution is -2.44. The second kappa shape index (κ2) is 5.24. The van der Waals surface area contributed by atoms with Crippen molar-refractivity contribution in [1.29, 1.82) is 0 Å². The zero-order valence-corrected chi connectivity index (χ0v) is 14.0. The van der Waals surface area contributed by atoms with Crippen LogP contribution in [-0.4, -0.2) is 44.4 Å². The zero-order valence-electron chi connectivity index (χ0n) is 14.0. The molecule has 0 radical (unpaired) electrons. The average Bonchev–Trinajstić information content (AvgIpc) is 3.15. The molecule has 0 bridgehead atoms. The van der Waals surface area contributed by atoms with Crippen LogP contribution in [0, 0.1) is 0 Å². The Kier molecular flexibility index (Phi) is 3.53. The number of aryl methyl sites for hydroxylation is 1. The van der Waals surface area contributed by atoms with Crippen molar-refractivity contribution < 1.29 is 19.3 Å². The van der Waals surface area contributed by atoms with Gasteiger partial charge in [0.25, 0.3) is 0 Å². The van der Waals surface area contributed by atoms with Crippen molar-refractivity contribution in [3.05, 3.63) is 11.4 Å². The van der Waals surface area contributed by atoms with E-state index in [1.54, 1.807) is 4.68 Å². The molecule has 1 aromatic rings. The van der Waals surface area contributed by atoms with Gasteiger partial charge in [-0.15, -0.1) is 5.10 Å². The molecule has 4 atom stereocenters. The molecule has 2 fully saturated rings. The van der Waals surface area contributed by atoms with Gasteiger partial charge in [-0.1, -0.05) is 31.4 Å². The number of aromatic nitrogens is 3. The number of rotatable bonds is 5. The third-order valence-corrected chi connectivity index (χ3v) is 5.07. The summed E-state index contributed by atoms with van der Waals surface area (Å²) in [5.74, 6) is -0.752. The quantitative estimate of drug-likeness (QED) is 0.827. The van der Waals surface area contributed by atoms with Crippen LogP contribution in [0.2, 0.25) is 0 Å². The second-order valence-corrected chi connectivity index (χ2v) is 7.25. The standard InChI is InChI=1S/C16H25N3O4/c1-4-5-6-7-8-10-12-16(20)11(9-19(12)18-17-10)21-14-13(16)22-15(2,3)23-14/h11,13-14,20H,4-9H2,1-3H3/t11?,13-,14+,16-/m0/s1. The van der Waals surface area contributed by atoms with Gasteiger partial charge in [0.1, 0.15) is 12.2 Å². The molecule has 0 saturated carbocycles. The van der Waals surface area contributed by atoms with Gasteiger partial charge in [-0.05, 0) is 26.7 Å². The van der Waals surface area contributed by atoms with Crippen molar-refractivity contribution in [2.45, 2.75) is 89.3 Å². The van der Waals surface area contributed by atoms with Crippen molar-refractivity contribution in [3.8, 4) is 0 Å². The monoisotopic (exact) mass is 323 g/mol. The lowest BCUT2D eigenvalue weighted by atomic mass is 9.89. The van der Waals surface area contributed by atoms with Crippen molar-refractivity contribution in [3.63, 3.8) is 0 Å². The van der Waals surface area contributed by atoms with Gasteiger partial charge in [-0.3, -0.25) is 0 Å². The summed E-state index contributed by atoms with van der Waals surface area (Å²) in [6, 6.07) is 0. The highest BCUT2D eigenvalue weighted by molar-refractivity contribution is 5.30. The third kappa shape index (κ3) is 2.25. The van der Waals surface area contributed by atoms with Crippen LogP contribution in [0.4, 0.5) is 0 Å². The summed E-state index contributed by atoms with van der Waals surface area (Å²) >= 11 is 0. The summed E-state index contributed by atoms with van der Waals surface area (Å²) in [5, 5.41) is 19.9. The predicted molar refractivity (Wildman–Crippen MR) is 80.5 cm³/mol. The molecule has 4 rings (SSSR count). The third-order valence-electron chi connectivity index (χ3n) is 5.07. The van der Waals surface area contributed by atoms with Crippen molar-refractivity contribution in [2.75, 3.05) is 0 Å². The summed E-state index contributed by atoms with van der Waals surface area (Å²) in [6.45, 7) is 6.36. The fourth-order valence-electron chi connectivity index (χ4n) is 4.00. The minimum atomic E-state index is -1.22. The number of unbranched alkanes of at least 4 members (excludes halogenated alkanes) is 3. The number of nitrogens with zero attached hydrogens (tertiary/aromatic N) is 3. The largest absolute Gasteiger partial charge is 0.378 e. The van der Waals surface area contributed by atoms with E-state index in [1.165, 1.54) is 19.3 Å². The maximum Gasteiger partial charge on any atom is 0.191 e. The SMILES string of the molecule is CCCCCCc1nnn2c1[C@@]1(O)C(C2)O[C@@H]2OC(C)(C)O[C@@H]21. The smallest absolute Gasteiger partial charge is 0.191 e. The molecule has 1 aromatic heterocycles. The Hall–Kier alpha value is -1.02. The Bertz CT molecular complexity index is 602. The fourth-order valence-corrected chi connectivity index (χ4v) is 4.00. The van der Waals surface area contributed by atoms with Crippen LogP contribution < -0.4 is 0 Å². The van der Waals surface area contributed by atoms with E-state index in [0.29, 0.717) is 6.54 Å². The topological polar surface area (TPSA) is 78.6 Å². The van der Waals surface area contributed by atoms with Crippen LogP contribution in [0.15, 0.2) is 0 Å². The first-order chi connectivity index (χ1) is 11.0. The van der Waals surface area contributed by atoms with Crippen molar-refractivity contribution in [1.82, 2.24) is 15.0 Å². The number of aliphatic hydroxyl groups is 1. The van der Waals surface area contributed by atoms with Gasteiger partial charge in [0, 0.05) is 0 Å². The number of hydrogen-bond acceptors (Lipinski definition) is 6. The number of hydrogen-bond donors (Lipinski definition) is 1. The summed E-state index contributed by atoms with van der Waals surface area (Å²) in [7, 11) is 0. The Balaban J connectivity index is 1.60. The first-order valence-electron chi connectivity index (χ1n) is 8.62. The number of fused-ring (bicyclic) bond motifs is 5. The maximum atomic E-state index is 11.4. The molecule has 4 heterocycles. The van der Waals surface area contributed by atoms with Gasteiger partial charge in [-0.25, -0.2) is 4.68 Å². The molecule has 0 aromatic carbocycles. The van der Waals surface area contributed by atoms with Crippen LogP contribution in [-0.2, 0) is 32.8 Å². The second-order valence-electron chi connectivity index (χ2n) is 7.25. The molecule has 3 aliphatic rings. The van der Waals surface area contributed by atoms with Gasteiger partial charge in [0.15, 0.2) is 17.7 Å². The summed E-state index contributed by atoms with van der Waals surface area (Å²) < 4.78 is 19.4. The lowest BCUT2D eigenvalue weighted by molar-refractivity contribution is -0.228. The van der Waals surface area contributed by atoms with E-state index in [-0.39, 0.29) is 6.10 Å². The summed E-state index contributed by atoms with van der Waals surface area (Å²) in [5.41, 5.74) is 0.402. The fraction of sp³-hybridized carbons (Fsp3) is 0.875. The Morgan fingerprint density at radius 3 is 2.87 bits per heavy atom. The van der Waals surface area contributed by atoms with Crippen molar-refractivity contribution >= 4 is 0 Å². The Morgan fingerprint density at radius 1 is 1.26 bits per heavy atom. The van der Waals surface area contributed by atoms with Gasteiger partial charge in [0.05, 0.1) is 17.9 Å². The van der Waals surface area contributed by atoms with Crippen LogP contribution in [0.25, 0.3) is 0 Å². The van der Waals surface area contributed by atoms with E-state index >= 15 is 0 Å².